The number of rotatable bonds is 5. The number of benzene rings is 1. The number of aromatic nitrogens is 2. The van der Waals surface area contributed by atoms with Crippen LogP contribution in [0.3, 0.4) is 0 Å². The highest BCUT2D eigenvalue weighted by molar-refractivity contribution is 5.94. The quantitative estimate of drug-likeness (QED) is 0.650. The van der Waals surface area contributed by atoms with E-state index in [9.17, 15) is 0 Å². The zero-order valence-corrected chi connectivity index (χ0v) is 12.5. The molecule has 114 valence electrons. The van der Waals surface area contributed by atoms with Crippen LogP contribution in [0.25, 0.3) is 11.0 Å². The molecule has 3 N–H and O–H groups in total. The number of anilines is 2. The van der Waals surface area contributed by atoms with Crippen molar-refractivity contribution in [3.8, 4) is 0 Å². The van der Waals surface area contributed by atoms with Crippen LogP contribution in [0.4, 0.5) is 11.4 Å². The maximum absolute atomic E-state index is 5.84. The summed E-state index contributed by atoms with van der Waals surface area (Å²) in [5.74, 6) is 0. The normalized spacial score (nSPS) is 20.0. The SMILES string of the molecule is CC1CCCCN1CCCNc1ccc(N)c2nonc12. The standard InChI is InChI=1S/C15H23N5O/c1-11-5-2-3-9-20(11)10-4-8-17-13-7-6-12(16)14-15(13)19-21-18-14/h6-7,11,17H,2-5,8-10,16H2,1H3. The molecule has 1 unspecified atom stereocenters. The van der Waals surface area contributed by atoms with Gasteiger partial charge in [0.1, 0.15) is 0 Å². The summed E-state index contributed by atoms with van der Waals surface area (Å²) in [6.45, 7) is 5.62. The maximum atomic E-state index is 5.84. The molecule has 1 aliphatic heterocycles. The van der Waals surface area contributed by atoms with Gasteiger partial charge in [0.05, 0.1) is 11.4 Å². The first-order valence-electron chi connectivity index (χ1n) is 7.74. The Morgan fingerprint density at radius 3 is 3.05 bits per heavy atom. The Kier molecular flexibility index (Phi) is 4.24. The van der Waals surface area contributed by atoms with E-state index in [0.717, 1.165) is 31.2 Å². The minimum absolute atomic E-state index is 0.596. The molecule has 2 aromatic rings. The van der Waals surface area contributed by atoms with E-state index in [2.05, 4.69) is 27.5 Å². The molecule has 0 saturated carbocycles. The fourth-order valence-electron chi connectivity index (χ4n) is 3.02. The van der Waals surface area contributed by atoms with Gasteiger partial charge in [-0.1, -0.05) is 6.42 Å². The van der Waals surface area contributed by atoms with E-state index in [-0.39, 0.29) is 0 Å². The summed E-state index contributed by atoms with van der Waals surface area (Å²) in [6.07, 6.45) is 5.15. The Bertz CT molecular complexity index is 597. The van der Waals surface area contributed by atoms with Crippen LogP contribution in [0.5, 0.6) is 0 Å². The first-order valence-corrected chi connectivity index (χ1v) is 7.74. The first-order chi connectivity index (χ1) is 10.3. The molecule has 6 heteroatoms. The summed E-state index contributed by atoms with van der Waals surface area (Å²) in [5, 5.41) is 11.2. The number of hydrogen-bond donors (Lipinski definition) is 2. The Morgan fingerprint density at radius 1 is 1.33 bits per heavy atom. The lowest BCUT2D eigenvalue weighted by Crippen LogP contribution is -2.38. The van der Waals surface area contributed by atoms with Gasteiger partial charge in [0.25, 0.3) is 0 Å². The van der Waals surface area contributed by atoms with Crippen molar-refractivity contribution in [1.29, 1.82) is 0 Å². The average Bonchev–Trinajstić information content (AvgIpc) is 2.98. The number of fused-ring (bicyclic) bond motifs is 1. The summed E-state index contributed by atoms with van der Waals surface area (Å²) in [4.78, 5) is 2.58. The van der Waals surface area contributed by atoms with Crippen LogP contribution in [-0.4, -0.2) is 40.9 Å². The van der Waals surface area contributed by atoms with Crippen molar-refractivity contribution in [2.75, 3.05) is 30.7 Å². The Balaban J connectivity index is 1.53. The van der Waals surface area contributed by atoms with Gasteiger partial charge in [0.15, 0.2) is 11.0 Å². The Hall–Kier alpha value is -1.82. The number of nitrogens with zero attached hydrogens (tertiary/aromatic N) is 3. The van der Waals surface area contributed by atoms with Crippen LogP contribution in [0.15, 0.2) is 16.8 Å². The fourth-order valence-corrected chi connectivity index (χ4v) is 3.02. The molecule has 0 radical (unpaired) electrons. The van der Waals surface area contributed by atoms with Gasteiger partial charge in [0, 0.05) is 19.1 Å². The van der Waals surface area contributed by atoms with Gasteiger partial charge in [-0.3, -0.25) is 0 Å². The van der Waals surface area contributed by atoms with Gasteiger partial charge >= 0.3 is 0 Å². The zero-order chi connectivity index (χ0) is 14.7. The summed E-state index contributed by atoms with van der Waals surface area (Å²) in [6, 6.07) is 4.49. The second kappa shape index (κ2) is 6.30. The number of piperidine rings is 1. The van der Waals surface area contributed by atoms with E-state index in [1.165, 1.54) is 25.8 Å². The fraction of sp³-hybridized carbons (Fsp3) is 0.600. The third-order valence-electron chi connectivity index (χ3n) is 4.32. The van der Waals surface area contributed by atoms with E-state index in [1.54, 1.807) is 0 Å². The smallest absolute Gasteiger partial charge is 0.160 e. The predicted molar refractivity (Wildman–Crippen MR) is 84.2 cm³/mol. The average molecular weight is 289 g/mol. The number of nitrogen functional groups attached to an aromatic ring is 1. The largest absolute Gasteiger partial charge is 0.397 e. The molecule has 0 bridgehead atoms. The molecule has 3 rings (SSSR count). The lowest BCUT2D eigenvalue weighted by molar-refractivity contribution is 0.160. The van der Waals surface area contributed by atoms with E-state index in [4.69, 9.17) is 10.4 Å². The highest BCUT2D eigenvalue weighted by atomic mass is 16.6. The van der Waals surface area contributed by atoms with Crippen LogP contribution in [0, 0.1) is 0 Å². The van der Waals surface area contributed by atoms with Gasteiger partial charge in [-0.2, -0.15) is 0 Å². The van der Waals surface area contributed by atoms with Crippen molar-refractivity contribution in [2.24, 2.45) is 0 Å². The molecule has 1 aliphatic rings. The Morgan fingerprint density at radius 2 is 2.19 bits per heavy atom. The summed E-state index contributed by atoms with van der Waals surface area (Å²) < 4.78 is 4.77. The van der Waals surface area contributed by atoms with E-state index >= 15 is 0 Å². The molecule has 1 fully saturated rings. The maximum Gasteiger partial charge on any atom is 0.160 e. The van der Waals surface area contributed by atoms with Gasteiger partial charge in [-0.15, -0.1) is 0 Å². The lowest BCUT2D eigenvalue weighted by Gasteiger charge is -2.33. The molecule has 21 heavy (non-hydrogen) atoms. The second-order valence-electron chi connectivity index (χ2n) is 5.82. The minimum atomic E-state index is 0.596. The van der Waals surface area contributed by atoms with Crippen LogP contribution in [0.1, 0.15) is 32.6 Å². The zero-order valence-electron chi connectivity index (χ0n) is 12.5. The number of nitrogens with two attached hydrogens (primary N) is 1. The number of nitrogens with one attached hydrogen (secondary N) is 1. The molecule has 1 aromatic heterocycles. The second-order valence-corrected chi connectivity index (χ2v) is 5.82. The third kappa shape index (κ3) is 3.10. The molecular weight excluding hydrogens is 266 g/mol. The van der Waals surface area contributed by atoms with Crippen molar-refractivity contribution < 1.29 is 4.63 Å². The summed E-state index contributed by atoms with van der Waals surface area (Å²) in [7, 11) is 0. The van der Waals surface area contributed by atoms with Crippen molar-refractivity contribution in [3.05, 3.63) is 12.1 Å². The molecule has 0 amide bonds. The monoisotopic (exact) mass is 289 g/mol. The van der Waals surface area contributed by atoms with E-state index < -0.39 is 0 Å². The van der Waals surface area contributed by atoms with E-state index in [0.29, 0.717) is 16.7 Å². The molecular formula is C15H23N5O. The van der Waals surface area contributed by atoms with Crippen molar-refractivity contribution >= 4 is 22.4 Å². The van der Waals surface area contributed by atoms with E-state index in [1.807, 2.05) is 12.1 Å². The van der Waals surface area contributed by atoms with Gasteiger partial charge < -0.3 is 16.0 Å². The molecule has 1 aromatic carbocycles. The minimum Gasteiger partial charge on any atom is -0.397 e. The molecule has 6 nitrogen and oxygen atoms in total. The van der Waals surface area contributed by atoms with Gasteiger partial charge in [0.2, 0.25) is 0 Å². The summed E-state index contributed by atoms with van der Waals surface area (Å²) >= 11 is 0. The van der Waals surface area contributed by atoms with Crippen LogP contribution in [-0.2, 0) is 0 Å². The molecule has 1 atom stereocenters. The topological polar surface area (TPSA) is 80.2 Å². The predicted octanol–water partition coefficient (Wildman–Crippen LogP) is 2.48. The molecule has 0 aliphatic carbocycles. The van der Waals surface area contributed by atoms with Gasteiger partial charge in [-0.05, 0) is 55.2 Å². The number of hydrogen-bond acceptors (Lipinski definition) is 6. The Labute approximate surface area is 124 Å². The van der Waals surface area contributed by atoms with Crippen molar-refractivity contribution in [1.82, 2.24) is 15.2 Å². The summed E-state index contributed by atoms with van der Waals surface area (Å²) in [5.41, 5.74) is 8.71. The number of likely N-dealkylation sites (tertiary alicyclic amines) is 1. The lowest BCUT2D eigenvalue weighted by atomic mass is 10.0. The first kappa shape index (κ1) is 14.1. The van der Waals surface area contributed by atoms with Gasteiger partial charge in [-0.25, -0.2) is 4.63 Å². The van der Waals surface area contributed by atoms with Crippen molar-refractivity contribution in [2.45, 2.75) is 38.6 Å². The molecule has 0 spiro atoms. The van der Waals surface area contributed by atoms with Crippen LogP contribution in [0.2, 0.25) is 0 Å². The molecule has 1 saturated heterocycles. The van der Waals surface area contributed by atoms with Crippen LogP contribution < -0.4 is 11.1 Å². The molecule has 2 heterocycles. The third-order valence-corrected chi connectivity index (χ3v) is 4.32. The van der Waals surface area contributed by atoms with Crippen molar-refractivity contribution in [3.63, 3.8) is 0 Å². The van der Waals surface area contributed by atoms with Crippen LogP contribution >= 0.6 is 0 Å². The highest BCUT2D eigenvalue weighted by Gasteiger charge is 2.17. The highest BCUT2D eigenvalue weighted by Crippen LogP contribution is 2.25.